The summed E-state index contributed by atoms with van der Waals surface area (Å²) in [5, 5.41) is 10.9. The Bertz CT molecular complexity index is 635. The average Bonchev–Trinajstić information content (AvgIpc) is 2.56. The Kier molecular flexibility index (Phi) is 8.17. The topological polar surface area (TPSA) is 78.7 Å². The van der Waals surface area contributed by atoms with Crippen LogP contribution in [0, 0.1) is 16.0 Å². The summed E-state index contributed by atoms with van der Waals surface area (Å²) < 4.78 is 11.8. The number of carbonyl (C=O) groups excluding carboxylic acids is 1. The van der Waals surface area contributed by atoms with E-state index in [1.165, 1.54) is 24.3 Å². The summed E-state index contributed by atoms with van der Waals surface area (Å²) in [6.45, 7) is 15.8. The minimum absolute atomic E-state index is 0.0465. The van der Waals surface area contributed by atoms with Gasteiger partial charge in [-0.1, -0.05) is 34.6 Å². The van der Waals surface area contributed by atoms with Gasteiger partial charge in [0.15, 0.2) is 8.32 Å². The Balaban J connectivity index is 2.59. The van der Waals surface area contributed by atoms with Crippen molar-refractivity contribution in [1.29, 1.82) is 0 Å². The monoisotopic (exact) mass is 395 g/mol. The minimum atomic E-state index is -1.77. The lowest BCUT2D eigenvalue weighted by Gasteiger charge is -2.36. The zero-order chi connectivity index (χ0) is 20.8. The first-order valence-electron chi connectivity index (χ1n) is 9.44. The van der Waals surface area contributed by atoms with E-state index in [0.717, 1.165) is 12.8 Å². The summed E-state index contributed by atoms with van der Waals surface area (Å²) in [6.07, 6.45) is 1.34. The summed E-state index contributed by atoms with van der Waals surface area (Å²) in [5.41, 5.74) is 0.276. The van der Waals surface area contributed by atoms with Gasteiger partial charge < -0.3 is 9.16 Å². The van der Waals surface area contributed by atoms with Crippen molar-refractivity contribution < 1.29 is 18.9 Å². The molecule has 0 heterocycles. The van der Waals surface area contributed by atoms with Gasteiger partial charge in [0, 0.05) is 18.7 Å². The van der Waals surface area contributed by atoms with E-state index in [2.05, 4.69) is 33.9 Å². The molecule has 27 heavy (non-hydrogen) atoms. The number of ether oxygens (including phenoxy) is 1. The SMILES string of the molecule is CC(C)C(CCCO[Si](C)(C)C(C)(C)C)OC(=O)c1ccc([N+](=O)[O-])cc1. The van der Waals surface area contributed by atoms with E-state index < -0.39 is 19.2 Å². The predicted molar refractivity (Wildman–Crippen MR) is 110 cm³/mol. The van der Waals surface area contributed by atoms with Gasteiger partial charge in [0.25, 0.3) is 5.69 Å². The maximum atomic E-state index is 12.3. The normalized spacial score (nSPS) is 13.5. The third-order valence-electron chi connectivity index (χ3n) is 5.22. The Morgan fingerprint density at radius 3 is 2.19 bits per heavy atom. The highest BCUT2D eigenvalue weighted by Crippen LogP contribution is 2.36. The van der Waals surface area contributed by atoms with Crippen molar-refractivity contribution >= 4 is 20.0 Å². The lowest BCUT2D eigenvalue weighted by molar-refractivity contribution is -0.384. The number of hydrogen-bond acceptors (Lipinski definition) is 5. The van der Waals surface area contributed by atoms with E-state index in [1.54, 1.807) is 0 Å². The molecule has 0 N–H and O–H groups in total. The predicted octanol–water partition coefficient (Wildman–Crippen LogP) is 5.58. The number of nitrogens with zero attached hydrogens (tertiary/aromatic N) is 1. The molecule has 1 unspecified atom stereocenters. The van der Waals surface area contributed by atoms with Crippen molar-refractivity contribution in [1.82, 2.24) is 0 Å². The largest absolute Gasteiger partial charge is 0.459 e. The zero-order valence-electron chi connectivity index (χ0n) is 17.6. The van der Waals surface area contributed by atoms with Crippen molar-refractivity contribution in [2.24, 2.45) is 5.92 Å². The third kappa shape index (κ3) is 7.07. The van der Waals surface area contributed by atoms with Gasteiger partial charge in [0.1, 0.15) is 6.10 Å². The molecule has 1 atom stereocenters. The first kappa shape index (κ1) is 23.3. The molecule has 7 heteroatoms. The second-order valence-electron chi connectivity index (χ2n) is 8.74. The minimum Gasteiger partial charge on any atom is -0.459 e. The van der Waals surface area contributed by atoms with Gasteiger partial charge in [-0.3, -0.25) is 10.1 Å². The van der Waals surface area contributed by atoms with E-state index in [1.807, 2.05) is 13.8 Å². The number of nitro benzene ring substituents is 1. The van der Waals surface area contributed by atoms with E-state index in [9.17, 15) is 14.9 Å². The molecule has 1 aromatic rings. The molecule has 6 nitrogen and oxygen atoms in total. The summed E-state index contributed by atoms with van der Waals surface area (Å²) in [5.74, 6) is -0.270. The lowest BCUT2D eigenvalue weighted by Crippen LogP contribution is -2.41. The molecule has 0 fully saturated rings. The first-order valence-corrected chi connectivity index (χ1v) is 12.4. The molecule has 0 aliphatic carbocycles. The number of carbonyl (C=O) groups is 1. The van der Waals surface area contributed by atoms with Gasteiger partial charge in [-0.25, -0.2) is 4.79 Å². The van der Waals surface area contributed by atoms with Crippen LogP contribution >= 0.6 is 0 Å². The van der Waals surface area contributed by atoms with Crippen molar-refractivity contribution in [2.75, 3.05) is 6.61 Å². The Hall–Kier alpha value is -1.73. The van der Waals surface area contributed by atoms with Crippen LogP contribution in [0.15, 0.2) is 24.3 Å². The smallest absolute Gasteiger partial charge is 0.338 e. The number of esters is 1. The fourth-order valence-corrected chi connectivity index (χ4v) is 3.37. The fraction of sp³-hybridized carbons (Fsp3) is 0.650. The zero-order valence-corrected chi connectivity index (χ0v) is 18.6. The highest BCUT2D eigenvalue weighted by molar-refractivity contribution is 6.74. The van der Waals surface area contributed by atoms with Crippen LogP contribution < -0.4 is 0 Å². The quantitative estimate of drug-likeness (QED) is 0.179. The summed E-state index contributed by atoms with van der Waals surface area (Å²) >= 11 is 0. The van der Waals surface area contributed by atoms with Crippen LogP contribution in [0.5, 0.6) is 0 Å². The molecular formula is C20H33NO5Si. The highest BCUT2D eigenvalue weighted by atomic mass is 28.4. The molecule has 1 aromatic carbocycles. The van der Waals surface area contributed by atoms with Crippen LogP contribution in [0.1, 0.15) is 57.8 Å². The Morgan fingerprint density at radius 2 is 1.74 bits per heavy atom. The van der Waals surface area contributed by atoms with Gasteiger partial charge in [0.05, 0.1) is 10.5 Å². The molecule has 0 spiro atoms. The van der Waals surface area contributed by atoms with E-state index in [0.29, 0.717) is 12.2 Å². The van der Waals surface area contributed by atoms with Crippen molar-refractivity contribution in [3.63, 3.8) is 0 Å². The molecular weight excluding hydrogens is 362 g/mol. The second-order valence-corrected chi connectivity index (χ2v) is 13.6. The van der Waals surface area contributed by atoms with E-state index >= 15 is 0 Å². The van der Waals surface area contributed by atoms with Crippen LogP contribution in [0.2, 0.25) is 18.1 Å². The Morgan fingerprint density at radius 1 is 1.19 bits per heavy atom. The number of rotatable bonds is 9. The van der Waals surface area contributed by atoms with Crippen molar-refractivity contribution in [3.8, 4) is 0 Å². The van der Waals surface area contributed by atoms with E-state index in [4.69, 9.17) is 9.16 Å². The summed E-state index contributed by atoms with van der Waals surface area (Å²) in [7, 11) is -1.77. The van der Waals surface area contributed by atoms with Gasteiger partial charge >= 0.3 is 5.97 Å². The molecule has 0 saturated carbocycles. The van der Waals surface area contributed by atoms with Crippen LogP contribution in [-0.2, 0) is 9.16 Å². The van der Waals surface area contributed by atoms with Gasteiger partial charge in [-0.2, -0.15) is 0 Å². The van der Waals surface area contributed by atoms with Crippen molar-refractivity contribution in [3.05, 3.63) is 39.9 Å². The highest BCUT2D eigenvalue weighted by Gasteiger charge is 2.36. The van der Waals surface area contributed by atoms with E-state index in [-0.39, 0.29) is 22.7 Å². The summed E-state index contributed by atoms with van der Waals surface area (Å²) in [6, 6.07) is 5.48. The maximum Gasteiger partial charge on any atom is 0.338 e. The molecule has 0 aliphatic heterocycles. The molecule has 0 saturated heterocycles. The number of hydrogen-bond donors (Lipinski definition) is 0. The molecule has 0 bridgehead atoms. The summed E-state index contributed by atoms with van der Waals surface area (Å²) in [4.78, 5) is 22.6. The molecule has 0 aromatic heterocycles. The third-order valence-corrected chi connectivity index (χ3v) is 9.76. The van der Waals surface area contributed by atoms with Crippen LogP contribution in [-0.4, -0.2) is 31.9 Å². The first-order chi connectivity index (χ1) is 12.3. The van der Waals surface area contributed by atoms with Crippen molar-refractivity contribution in [2.45, 2.75) is 71.7 Å². The van der Waals surface area contributed by atoms with Gasteiger partial charge in [-0.05, 0) is 49.0 Å². The second kappa shape index (κ2) is 9.46. The van der Waals surface area contributed by atoms with Gasteiger partial charge in [-0.15, -0.1) is 0 Å². The van der Waals surface area contributed by atoms with Crippen LogP contribution in [0.4, 0.5) is 5.69 Å². The molecule has 152 valence electrons. The molecule has 0 aliphatic rings. The standard InChI is InChI=1S/C20H33NO5Si/c1-15(2)18(9-8-14-25-27(6,7)20(3,4)5)26-19(22)16-10-12-17(13-11-16)21(23)24/h10-13,15,18H,8-9,14H2,1-7H3. The average molecular weight is 396 g/mol. The number of benzene rings is 1. The fourth-order valence-electron chi connectivity index (χ4n) is 2.28. The number of nitro groups is 1. The van der Waals surface area contributed by atoms with Gasteiger partial charge in [0.2, 0.25) is 0 Å². The molecule has 1 rings (SSSR count). The number of non-ortho nitro benzene ring substituents is 1. The maximum absolute atomic E-state index is 12.3. The molecule has 0 radical (unpaired) electrons. The molecule has 0 amide bonds. The Labute approximate surface area is 163 Å². The van der Waals surface area contributed by atoms with Crippen LogP contribution in [0.3, 0.4) is 0 Å². The lowest BCUT2D eigenvalue weighted by atomic mass is 10.0. The van der Waals surface area contributed by atoms with Crippen LogP contribution in [0.25, 0.3) is 0 Å².